The van der Waals surface area contributed by atoms with Crippen molar-refractivity contribution in [2.45, 2.75) is 26.3 Å². The van der Waals surface area contributed by atoms with E-state index in [9.17, 15) is 22.4 Å². The number of anilines is 1. The molecule has 0 saturated heterocycles. The quantitative estimate of drug-likeness (QED) is 0.638. The zero-order valence-electron chi connectivity index (χ0n) is 14.1. The molecule has 140 valence electrons. The van der Waals surface area contributed by atoms with Crippen LogP contribution in [0.2, 0.25) is 0 Å². The topological polar surface area (TPSA) is 54.1 Å². The highest BCUT2D eigenvalue weighted by molar-refractivity contribution is 6.01. The first-order valence-electron chi connectivity index (χ1n) is 7.89. The molecule has 0 spiro atoms. The Kier molecular flexibility index (Phi) is 5.06. The maximum Gasteiger partial charge on any atom is 0.424 e. The number of benzene rings is 1. The van der Waals surface area contributed by atoms with Crippen molar-refractivity contribution >= 4 is 22.5 Å². The summed E-state index contributed by atoms with van der Waals surface area (Å²) in [5.74, 6) is -0.788. The second-order valence-corrected chi connectivity index (χ2v) is 5.90. The van der Waals surface area contributed by atoms with Gasteiger partial charge in [0.25, 0.3) is 0 Å². The lowest BCUT2D eigenvalue weighted by molar-refractivity contribution is -0.137. The monoisotopic (exact) mass is 378 g/mol. The summed E-state index contributed by atoms with van der Waals surface area (Å²) in [6.45, 7) is 1.38. The Morgan fingerprint density at radius 1 is 1.22 bits per heavy atom. The van der Waals surface area contributed by atoms with Crippen LogP contribution < -0.4 is 5.32 Å². The van der Waals surface area contributed by atoms with Gasteiger partial charge in [-0.05, 0) is 29.8 Å². The van der Waals surface area contributed by atoms with Crippen LogP contribution in [-0.2, 0) is 28.9 Å². The number of alkyl halides is 3. The number of hydrogen-bond donors (Lipinski definition) is 2. The van der Waals surface area contributed by atoms with Gasteiger partial charge >= 0.3 is 6.18 Å². The van der Waals surface area contributed by atoms with Crippen LogP contribution >= 0.6 is 0 Å². The van der Waals surface area contributed by atoms with E-state index in [1.54, 1.807) is 6.07 Å². The maximum absolute atomic E-state index is 14.2. The lowest BCUT2D eigenvalue weighted by Crippen LogP contribution is -2.05. The Labute approximate surface area is 152 Å². The summed E-state index contributed by atoms with van der Waals surface area (Å²) in [5, 5.41) is 3.10. The van der Waals surface area contributed by atoms with Crippen molar-refractivity contribution in [2.75, 3.05) is 5.32 Å². The van der Waals surface area contributed by atoms with Crippen LogP contribution in [0.5, 0.6) is 0 Å². The van der Waals surface area contributed by atoms with E-state index in [0.717, 1.165) is 6.07 Å². The van der Waals surface area contributed by atoms with Gasteiger partial charge in [0.15, 0.2) is 0 Å². The van der Waals surface area contributed by atoms with Gasteiger partial charge in [0.1, 0.15) is 11.4 Å². The smallest absolute Gasteiger partial charge is 0.371 e. The van der Waals surface area contributed by atoms with Crippen LogP contribution in [0.3, 0.4) is 0 Å². The number of amides is 1. The van der Waals surface area contributed by atoms with Gasteiger partial charge in [0.05, 0.1) is 24.4 Å². The molecule has 0 aliphatic heterocycles. The third-order valence-corrected chi connectivity index (χ3v) is 3.75. The number of fused-ring (bicyclic) bond motifs is 1. The zero-order valence-corrected chi connectivity index (χ0v) is 14.1. The van der Waals surface area contributed by atoms with Gasteiger partial charge < -0.3 is 15.0 Å². The minimum absolute atomic E-state index is 0.0000166. The number of nitrogens with one attached hydrogen (secondary N) is 2. The van der Waals surface area contributed by atoms with Gasteiger partial charge in [-0.3, -0.25) is 4.79 Å². The van der Waals surface area contributed by atoms with Crippen molar-refractivity contribution in [3.05, 3.63) is 65.1 Å². The van der Waals surface area contributed by atoms with E-state index in [2.05, 4.69) is 16.4 Å². The molecule has 4 nitrogen and oxygen atoms in total. The number of aromatic nitrogens is 1. The SMILES string of the molecule is CC(=O)Nc1c[nH]c2c(F)cc(COCc3c#cc(C(F)(F)F)cc3)cc12. The molecule has 0 bridgehead atoms. The van der Waals surface area contributed by atoms with Gasteiger partial charge in [-0.25, -0.2) is 4.39 Å². The minimum atomic E-state index is -4.47. The first kappa shape index (κ1) is 18.7. The van der Waals surface area contributed by atoms with Crippen LogP contribution in [-0.4, -0.2) is 10.9 Å². The molecule has 0 saturated carbocycles. The highest BCUT2D eigenvalue weighted by Crippen LogP contribution is 2.28. The van der Waals surface area contributed by atoms with Gasteiger partial charge in [0, 0.05) is 24.1 Å². The third-order valence-electron chi connectivity index (χ3n) is 3.75. The zero-order chi connectivity index (χ0) is 19.6. The molecular formula is C19H14F4N2O2. The molecule has 0 radical (unpaired) electrons. The normalized spacial score (nSPS) is 11.4. The number of hydrogen-bond acceptors (Lipinski definition) is 2. The van der Waals surface area contributed by atoms with Crippen molar-refractivity contribution in [1.29, 1.82) is 0 Å². The van der Waals surface area contributed by atoms with Crippen molar-refractivity contribution in [1.82, 2.24) is 4.98 Å². The fourth-order valence-electron chi connectivity index (χ4n) is 2.56. The number of carbonyl (C=O) groups excluding carboxylic acids is 1. The van der Waals surface area contributed by atoms with Crippen LogP contribution in [0.1, 0.15) is 23.6 Å². The molecular weight excluding hydrogens is 364 g/mol. The maximum atomic E-state index is 14.2. The highest BCUT2D eigenvalue weighted by Gasteiger charge is 2.30. The molecule has 3 aromatic rings. The number of ether oxygens (including phenoxy) is 1. The van der Waals surface area contributed by atoms with E-state index >= 15 is 0 Å². The lowest BCUT2D eigenvalue weighted by Gasteiger charge is -2.07. The van der Waals surface area contributed by atoms with E-state index in [4.69, 9.17) is 4.74 Å². The Balaban J connectivity index is 1.69. The molecule has 8 heteroatoms. The summed E-state index contributed by atoms with van der Waals surface area (Å²) >= 11 is 0. The number of rotatable bonds is 5. The van der Waals surface area contributed by atoms with E-state index in [1.165, 1.54) is 25.3 Å². The van der Waals surface area contributed by atoms with E-state index in [1.807, 2.05) is 6.07 Å². The molecule has 27 heavy (non-hydrogen) atoms. The Morgan fingerprint density at radius 2 is 2.00 bits per heavy atom. The molecule has 1 aromatic heterocycles. The molecule has 0 fully saturated rings. The first-order valence-corrected chi connectivity index (χ1v) is 7.89. The summed E-state index contributed by atoms with van der Waals surface area (Å²) in [5.41, 5.74) is 0.709. The number of H-pyrrole nitrogens is 1. The molecule has 2 N–H and O–H groups in total. The number of aromatic amines is 1. The molecule has 0 aliphatic rings. The largest absolute Gasteiger partial charge is 0.424 e. The second-order valence-electron chi connectivity index (χ2n) is 5.90. The number of halogens is 4. The van der Waals surface area contributed by atoms with E-state index in [0.29, 0.717) is 22.2 Å². The summed E-state index contributed by atoms with van der Waals surface area (Å²) in [4.78, 5) is 14.0. The standard InChI is InChI=1S/C19H14F4N2O2/c1-11(26)25-17-8-24-18-15(17)6-13(7-16(18)20)10-27-9-12-2-4-14(5-3-12)19(21,22)23/h2,4,6-8,24H,9-10H2,1H3,(H,25,26). The van der Waals surface area contributed by atoms with E-state index < -0.39 is 17.6 Å². The molecule has 0 aliphatic carbocycles. The Bertz CT molecular complexity index is 962. The van der Waals surface area contributed by atoms with Crippen LogP contribution in [0.4, 0.5) is 23.2 Å². The van der Waals surface area contributed by atoms with E-state index in [-0.39, 0.29) is 24.6 Å². The second kappa shape index (κ2) is 7.29. The Hall–Kier alpha value is -3.05. The summed E-state index contributed by atoms with van der Waals surface area (Å²) in [6, 6.07) is 9.57. The number of carbonyl (C=O) groups is 1. The predicted octanol–water partition coefficient (Wildman–Crippen LogP) is 4.60. The van der Waals surface area contributed by atoms with Gasteiger partial charge in [-0.2, -0.15) is 13.2 Å². The molecule has 3 rings (SSSR count). The van der Waals surface area contributed by atoms with Crippen molar-refractivity contribution in [3.8, 4) is 0 Å². The predicted molar refractivity (Wildman–Crippen MR) is 90.2 cm³/mol. The van der Waals surface area contributed by atoms with Crippen molar-refractivity contribution < 1.29 is 27.1 Å². The van der Waals surface area contributed by atoms with Crippen molar-refractivity contribution in [3.63, 3.8) is 0 Å². The van der Waals surface area contributed by atoms with Crippen LogP contribution in [0, 0.1) is 17.9 Å². The van der Waals surface area contributed by atoms with Crippen LogP contribution in [0.15, 0.2) is 30.5 Å². The van der Waals surface area contributed by atoms with Crippen LogP contribution in [0.25, 0.3) is 10.9 Å². The minimum Gasteiger partial charge on any atom is -0.371 e. The lowest BCUT2D eigenvalue weighted by atomic mass is 10.1. The van der Waals surface area contributed by atoms with Gasteiger partial charge in [0.2, 0.25) is 5.91 Å². The Morgan fingerprint density at radius 3 is 2.63 bits per heavy atom. The summed E-state index contributed by atoms with van der Waals surface area (Å²) < 4.78 is 57.1. The first-order chi connectivity index (χ1) is 12.7. The average molecular weight is 378 g/mol. The molecule has 0 atom stereocenters. The fourth-order valence-corrected chi connectivity index (χ4v) is 2.56. The van der Waals surface area contributed by atoms with Gasteiger partial charge in [-0.15, -0.1) is 0 Å². The highest BCUT2D eigenvalue weighted by atomic mass is 19.4. The molecule has 0 unspecified atom stereocenters. The fraction of sp³-hybridized carbons (Fsp3) is 0.211. The van der Waals surface area contributed by atoms with Crippen molar-refractivity contribution in [2.24, 2.45) is 0 Å². The average Bonchev–Trinajstić information content (AvgIpc) is 2.97. The van der Waals surface area contributed by atoms with Gasteiger partial charge in [-0.1, -0.05) is 12.1 Å². The molecule has 1 heterocycles. The molecule has 2 aromatic carbocycles. The summed E-state index contributed by atoms with van der Waals surface area (Å²) in [7, 11) is 0. The summed E-state index contributed by atoms with van der Waals surface area (Å²) in [6.07, 6.45) is -2.97. The molecule has 1 amide bonds. The third kappa shape index (κ3) is 4.38.